The minimum Gasteiger partial charge on any atom is -0.465 e. The van der Waals surface area contributed by atoms with E-state index in [-0.39, 0.29) is 24.4 Å². The van der Waals surface area contributed by atoms with Gasteiger partial charge in [0.15, 0.2) is 17.3 Å². The lowest BCUT2D eigenvalue weighted by molar-refractivity contribution is -0.147. The minimum atomic E-state index is -0.748. The Hall–Kier alpha value is -3.12. The summed E-state index contributed by atoms with van der Waals surface area (Å²) in [5.41, 5.74) is 3.65. The summed E-state index contributed by atoms with van der Waals surface area (Å²) in [7, 11) is 0. The summed E-state index contributed by atoms with van der Waals surface area (Å²) in [6.45, 7) is 6.19. The van der Waals surface area contributed by atoms with E-state index in [1.165, 1.54) is 0 Å². The molecule has 2 heterocycles. The largest absolute Gasteiger partial charge is 0.465 e. The molecule has 0 fully saturated rings. The van der Waals surface area contributed by atoms with Crippen LogP contribution in [0, 0.1) is 11.8 Å². The number of allylic oxidation sites excluding steroid dienone is 2. The molecule has 1 aliphatic carbocycles. The first-order chi connectivity index (χ1) is 16.8. The van der Waals surface area contributed by atoms with Gasteiger partial charge in [0.05, 0.1) is 6.61 Å². The third-order valence-electron chi connectivity index (χ3n) is 6.80. The number of rotatable bonds is 5. The summed E-state index contributed by atoms with van der Waals surface area (Å²) in [4.78, 5) is 31.9. The van der Waals surface area contributed by atoms with Gasteiger partial charge in [0, 0.05) is 40.4 Å². The number of esters is 1. The number of hydrogen-bond acceptors (Lipinski definition) is 6. The highest BCUT2D eigenvalue weighted by atomic mass is 35.5. The highest BCUT2D eigenvalue weighted by Gasteiger charge is 2.46. The van der Waals surface area contributed by atoms with E-state index in [4.69, 9.17) is 30.8 Å². The van der Waals surface area contributed by atoms with Gasteiger partial charge in [-0.15, -0.1) is 0 Å². The Balaban J connectivity index is 1.61. The Morgan fingerprint density at radius 1 is 1.14 bits per heavy atom. The highest BCUT2D eigenvalue weighted by Crippen LogP contribution is 2.50. The van der Waals surface area contributed by atoms with Crippen LogP contribution in [0.4, 0.5) is 0 Å². The van der Waals surface area contributed by atoms with Crippen LogP contribution in [0.1, 0.15) is 56.6 Å². The minimum absolute atomic E-state index is 0.0169. The summed E-state index contributed by atoms with van der Waals surface area (Å²) >= 11 is 6.73. The first kappa shape index (κ1) is 23.6. The van der Waals surface area contributed by atoms with E-state index in [0.29, 0.717) is 52.8 Å². The second kappa shape index (κ2) is 9.50. The van der Waals surface area contributed by atoms with Crippen LogP contribution in [0.2, 0.25) is 5.02 Å². The number of aliphatic imine (C=N–C) groups is 1. The van der Waals surface area contributed by atoms with Crippen molar-refractivity contribution in [2.45, 2.75) is 45.4 Å². The van der Waals surface area contributed by atoms with Crippen LogP contribution >= 0.6 is 11.6 Å². The van der Waals surface area contributed by atoms with Crippen LogP contribution in [0.5, 0.6) is 11.5 Å². The van der Waals surface area contributed by atoms with Crippen molar-refractivity contribution in [2.24, 2.45) is 16.8 Å². The van der Waals surface area contributed by atoms with Gasteiger partial charge in [-0.1, -0.05) is 55.8 Å². The maximum absolute atomic E-state index is 13.7. The average Bonchev–Trinajstić information content (AvgIpc) is 3.28. The topological polar surface area (TPSA) is 74.2 Å². The lowest BCUT2D eigenvalue weighted by Crippen LogP contribution is -2.38. The maximum Gasteiger partial charge on any atom is 0.315 e. The molecule has 0 saturated heterocycles. The Morgan fingerprint density at radius 3 is 2.57 bits per heavy atom. The van der Waals surface area contributed by atoms with Gasteiger partial charge < -0.3 is 14.2 Å². The predicted molar refractivity (Wildman–Crippen MR) is 133 cm³/mol. The maximum atomic E-state index is 13.7. The molecule has 2 aromatic rings. The molecule has 35 heavy (non-hydrogen) atoms. The van der Waals surface area contributed by atoms with Crippen molar-refractivity contribution in [1.29, 1.82) is 0 Å². The molecule has 0 spiro atoms. The Labute approximate surface area is 209 Å². The molecular formula is C28H28ClNO5. The van der Waals surface area contributed by atoms with Crippen molar-refractivity contribution in [1.82, 2.24) is 0 Å². The number of carbonyl (C=O) groups excluding carboxylic acids is 2. The van der Waals surface area contributed by atoms with Gasteiger partial charge in [0.25, 0.3) is 0 Å². The van der Waals surface area contributed by atoms with Crippen molar-refractivity contribution in [3.8, 4) is 11.5 Å². The van der Waals surface area contributed by atoms with Gasteiger partial charge in [-0.2, -0.15) is 0 Å². The monoisotopic (exact) mass is 493 g/mol. The van der Waals surface area contributed by atoms with Gasteiger partial charge >= 0.3 is 5.97 Å². The molecule has 1 unspecified atom stereocenters. The quantitative estimate of drug-likeness (QED) is 0.489. The normalized spacial score (nSPS) is 23.3. The average molecular weight is 494 g/mol. The van der Waals surface area contributed by atoms with Crippen molar-refractivity contribution in [3.05, 3.63) is 69.9 Å². The number of fused-ring (bicyclic) bond motifs is 1. The first-order valence-electron chi connectivity index (χ1n) is 12.0. The van der Waals surface area contributed by atoms with Crippen molar-refractivity contribution < 1.29 is 23.8 Å². The molecule has 0 N–H and O–H groups in total. The number of ketones is 1. The van der Waals surface area contributed by atoms with Crippen LogP contribution < -0.4 is 9.47 Å². The fraction of sp³-hybridized carbons (Fsp3) is 0.393. The zero-order valence-corrected chi connectivity index (χ0v) is 20.8. The highest BCUT2D eigenvalue weighted by molar-refractivity contribution is 6.32. The SMILES string of the molecule is CC1=NC2=C(C(=O)C[C@@H](c3ccccc3)C2)[C@H](c2cc3c(cc2Cl)OCO3)C1C(=O)OCC(C)C. The fourth-order valence-corrected chi connectivity index (χ4v) is 5.44. The van der Waals surface area contributed by atoms with Gasteiger partial charge in [0.1, 0.15) is 5.92 Å². The van der Waals surface area contributed by atoms with Crippen LogP contribution in [-0.2, 0) is 14.3 Å². The fourth-order valence-electron chi connectivity index (χ4n) is 5.17. The Bertz CT molecular complexity index is 1230. The molecule has 0 bridgehead atoms. The van der Waals surface area contributed by atoms with Gasteiger partial charge in [0.2, 0.25) is 6.79 Å². The summed E-state index contributed by atoms with van der Waals surface area (Å²) in [6.07, 6.45) is 0.971. The summed E-state index contributed by atoms with van der Waals surface area (Å²) < 4.78 is 16.7. The van der Waals surface area contributed by atoms with E-state index >= 15 is 0 Å². The number of ether oxygens (including phenoxy) is 3. The zero-order valence-electron chi connectivity index (χ0n) is 20.0. The molecule has 0 radical (unpaired) electrons. The molecule has 0 aromatic heterocycles. The summed E-state index contributed by atoms with van der Waals surface area (Å²) in [6, 6.07) is 13.5. The lowest BCUT2D eigenvalue weighted by atomic mass is 9.69. The molecule has 5 rings (SSSR count). The molecule has 6 nitrogen and oxygen atoms in total. The van der Waals surface area contributed by atoms with Crippen LogP contribution in [0.25, 0.3) is 0 Å². The molecule has 7 heteroatoms. The number of nitrogens with zero attached hydrogens (tertiary/aromatic N) is 1. The van der Waals surface area contributed by atoms with Crippen molar-refractivity contribution >= 4 is 29.1 Å². The summed E-state index contributed by atoms with van der Waals surface area (Å²) in [5, 5.41) is 0.417. The second-order valence-electron chi connectivity index (χ2n) is 9.76. The van der Waals surface area contributed by atoms with E-state index in [1.807, 2.05) is 51.1 Å². The predicted octanol–water partition coefficient (Wildman–Crippen LogP) is 5.84. The number of hydrogen-bond donors (Lipinski definition) is 0. The van der Waals surface area contributed by atoms with E-state index in [9.17, 15) is 9.59 Å². The van der Waals surface area contributed by atoms with E-state index in [1.54, 1.807) is 12.1 Å². The van der Waals surface area contributed by atoms with Crippen LogP contribution in [0.3, 0.4) is 0 Å². The molecule has 182 valence electrons. The smallest absolute Gasteiger partial charge is 0.315 e. The lowest BCUT2D eigenvalue weighted by Gasteiger charge is -2.37. The second-order valence-corrected chi connectivity index (χ2v) is 10.2. The number of Topliss-reactive ketones (excluding diaryl/α,β-unsaturated/α-hetero) is 1. The van der Waals surface area contributed by atoms with Crippen molar-refractivity contribution in [2.75, 3.05) is 13.4 Å². The van der Waals surface area contributed by atoms with E-state index < -0.39 is 17.8 Å². The molecule has 0 amide bonds. The number of halogens is 1. The number of carbonyl (C=O) groups is 2. The zero-order chi connectivity index (χ0) is 24.7. The molecule has 2 aromatic carbocycles. The third kappa shape index (κ3) is 4.47. The van der Waals surface area contributed by atoms with Gasteiger partial charge in [-0.3, -0.25) is 14.6 Å². The molecule has 0 saturated carbocycles. The molecule has 3 aliphatic rings. The third-order valence-corrected chi connectivity index (χ3v) is 7.13. The number of benzene rings is 2. The Morgan fingerprint density at radius 2 is 1.86 bits per heavy atom. The van der Waals surface area contributed by atoms with Crippen LogP contribution in [-0.4, -0.2) is 30.9 Å². The summed E-state index contributed by atoms with van der Waals surface area (Å²) in [5.74, 6) is -0.448. The molecule has 2 aliphatic heterocycles. The van der Waals surface area contributed by atoms with E-state index in [2.05, 4.69) is 0 Å². The molecular weight excluding hydrogens is 466 g/mol. The Kier molecular flexibility index (Phi) is 6.41. The molecule has 3 atom stereocenters. The standard InChI is InChI=1S/C28H28ClNO5/c1-15(2)13-33-28(32)25-16(3)30-21-9-18(17-7-5-4-6-8-17)10-22(31)27(21)26(25)19-11-23-24(12-20(19)29)35-14-34-23/h4-8,11-12,15,18,25-26H,9-10,13-14H2,1-3H3/t18-,25?,26+/m0/s1. The van der Waals surface area contributed by atoms with Crippen LogP contribution in [0.15, 0.2) is 58.7 Å². The first-order valence-corrected chi connectivity index (χ1v) is 12.3. The van der Waals surface area contributed by atoms with Gasteiger partial charge in [-0.25, -0.2) is 0 Å². The van der Waals surface area contributed by atoms with E-state index in [0.717, 1.165) is 11.3 Å². The van der Waals surface area contributed by atoms with Crippen molar-refractivity contribution in [3.63, 3.8) is 0 Å². The van der Waals surface area contributed by atoms with Gasteiger partial charge in [-0.05, 0) is 42.4 Å².